The van der Waals surface area contributed by atoms with Crippen molar-refractivity contribution in [2.24, 2.45) is 0 Å². The summed E-state index contributed by atoms with van der Waals surface area (Å²) < 4.78 is 5.13. The summed E-state index contributed by atoms with van der Waals surface area (Å²) in [6, 6.07) is 8.80. The Kier molecular flexibility index (Phi) is 7.77. The number of carbonyl (C=O) groups is 2. The first-order valence-electron chi connectivity index (χ1n) is 7.56. The minimum atomic E-state index is -0.796. The number of hydrogen-bond donors (Lipinski definition) is 2. The maximum absolute atomic E-state index is 12.1. The van der Waals surface area contributed by atoms with Crippen molar-refractivity contribution >= 4 is 11.8 Å². The number of benzene rings is 1. The summed E-state index contributed by atoms with van der Waals surface area (Å²) in [6.07, 6.45) is -0.715. The quantitative estimate of drug-likeness (QED) is 0.681. The summed E-state index contributed by atoms with van der Waals surface area (Å²) >= 11 is 0. The molecule has 0 heterocycles. The van der Waals surface area contributed by atoms with E-state index in [0.717, 1.165) is 5.56 Å². The number of ether oxygens (including phenoxy) is 1. The fraction of sp³-hybridized carbons (Fsp3) is 0.529. The number of nitrogens with one attached hydrogen (secondary N) is 1. The average molecular weight is 307 g/mol. The Balaban J connectivity index is 2.37. The number of aliphatic hydroxyl groups is 1. The smallest absolute Gasteiger partial charge is 0.306 e. The molecule has 0 aliphatic carbocycles. The highest BCUT2D eigenvalue weighted by molar-refractivity contribution is 5.87. The van der Waals surface area contributed by atoms with E-state index in [0.29, 0.717) is 0 Å². The Bertz CT molecular complexity index is 471. The van der Waals surface area contributed by atoms with Crippen molar-refractivity contribution in [3.63, 3.8) is 0 Å². The first kappa shape index (κ1) is 18.3. The minimum absolute atomic E-state index is 0.0225. The molecule has 0 amide bonds. The van der Waals surface area contributed by atoms with Gasteiger partial charge in [0.15, 0.2) is 5.78 Å². The van der Waals surface area contributed by atoms with Crippen molar-refractivity contribution in [1.29, 1.82) is 0 Å². The first-order chi connectivity index (χ1) is 10.4. The fourth-order valence-electron chi connectivity index (χ4n) is 2.05. The molecule has 2 N–H and O–H groups in total. The van der Waals surface area contributed by atoms with Gasteiger partial charge in [-0.25, -0.2) is 0 Å². The lowest BCUT2D eigenvalue weighted by Crippen LogP contribution is -2.47. The molecule has 0 spiro atoms. The second kappa shape index (κ2) is 9.33. The Morgan fingerprint density at radius 3 is 2.32 bits per heavy atom. The minimum Gasteiger partial charge on any atom is -0.461 e. The molecule has 5 nitrogen and oxygen atoms in total. The standard InChI is InChI=1S/C17H25NO4/c1-12(2)18-17(13(3)19)15(20)9-10-16(21)22-11-14-7-5-4-6-8-14/h4-8,12-13,17-19H,9-11H2,1-3H3. The van der Waals surface area contributed by atoms with Crippen LogP contribution < -0.4 is 5.32 Å². The predicted octanol–water partition coefficient (Wildman–Crippen LogP) is 1.83. The zero-order chi connectivity index (χ0) is 16.5. The van der Waals surface area contributed by atoms with Crippen molar-refractivity contribution in [3.05, 3.63) is 35.9 Å². The van der Waals surface area contributed by atoms with Crippen molar-refractivity contribution in [2.45, 2.75) is 58.4 Å². The molecule has 0 aliphatic rings. The van der Waals surface area contributed by atoms with Crippen LogP contribution in [0.2, 0.25) is 0 Å². The van der Waals surface area contributed by atoms with Crippen LogP contribution in [0.1, 0.15) is 39.2 Å². The zero-order valence-corrected chi connectivity index (χ0v) is 13.4. The molecule has 0 bridgehead atoms. The number of hydrogen-bond acceptors (Lipinski definition) is 5. The van der Waals surface area contributed by atoms with Crippen molar-refractivity contribution in [2.75, 3.05) is 0 Å². The summed E-state index contributed by atoms with van der Waals surface area (Å²) in [5.74, 6) is -0.591. The Morgan fingerprint density at radius 1 is 1.14 bits per heavy atom. The number of aliphatic hydroxyl groups excluding tert-OH is 1. The van der Waals surface area contributed by atoms with Gasteiger partial charge in [0.1, 0.15) is 6.61 Å². The van der Waals surface area contributed by atoms with Gasteiger partial charge in [0.25, 0.3) is 0 Å². The molecule has 5 heteroatoms. The van der Waals surface area contributed by atoms with E-state index >= 15 is 0 Å². The Labute approximate surface area is 131 Å². The van der Waals surface area contributed by atoms with E-state index in [9.17, 15) is 14.7 Å². The van der Waals surface area contributed by atoms with Crippen molar-refractivity contribution < 1.29 is 19.4 Å². The maximum Gasteiger partial charge on any atom is 0.306 e. The molecule has 1 rings (SSSR count). The predicted molar refractivity (Wildman–Crippen MR) is 84.2 cm³/mol. The Morgan fingerprint density at radius 2 is 1.77 bits per heavy atom. The van der Waals surface area contributed by atoms with E-state index in [-0.39, 0.29) is 31.3 Å². The fourth-order valence-corrected chi connectivity index (χ4v) is 2.05. The van der Waals surface area contributed by atoms with Crippen LogP contribution in [0.5, 0.6) is 0 Å². The molecule has 0 saturated heterocycles. The molecule has 1 aromatic carbocycles. The molecular weight excluding hydrogens is 282 g/mol. The van der Waals surface area contributed by atoms with Gasteiger partial charge in [0, 0.05) is 12.5 Å². The third-order valence-corrected chi connectivity index (χ3v) is 3.16. The van der Waals surface area contributed by atoms with E-state index in [1.165, 1.54) is 0 Å². The van der Waals surface area contributed by atoms with Crippen LogP contribution in [0.25, 0.3) is 0 Å². The van der Waals surface area contributed by atoms with E-state index in [4.69, 9.17) is 4.74 Å². The van der Waals surface area contributed by atoms with Gasteiger partial charge in [-0.05, 0) is 12.5 Å². The lowest BCUT2D eigenvalue weighted by atomic mass is 10.0. The van der Waals surface area contributed by atoms with Crippen LogP contribution in [-0.2, 0) is 20.9 Å². The van der Waals surface area contributed by atoms with Crippen molar-refractivity contribution in [1.82, 2.24) is 5.32 Å². The average Bonchev–Trinajstić information content (AvgIpc) is 2.48. The number of Topliss-reactive ketones (excluding diaryl/α,β-unsaturated/α-hetero) is 1. The maximum atomic E-state index is 12.1. The summed E-state index contributed by atoms with van der Waals surface area (Å²) in [5, 5.41) is 12.7. The largest absolute Gasteiger partial charge is 0.461 e. The van der Waals surface area contributed by atoms with Crippen LogP contribution in [0.4, 0.5) is 0 Å². The summed E-state index contributed by atoms with van der Waals surface area (Å²) in [7, 11) is 0. The molecule has 0 saturated carbocycles. The van der Waals surface area contributed by atoms with Gasteiger partial charge in [-0.3, -0.25) is 9.59 Å². The molecule has 1 aromatic rings. The molecule has 122 valence electrons. The molecule has 0 radical (unpaired) electrons. The second-order valence-electron chi connectivity index (χ2n) is 5.65. The van der Waals surface area contributed by atoms with Gasteiger partial charge in [0.2, 0.25) is 0 Å². The highest BCUT2D eigenvalue weighted by Gasteiger charge is 2.24. The molecule has 0 aromatic heterocycles. The van der Waals surface area contributed by atoms with Gasteiger partial charge in [-0.1, -0.05) is 44.2 Å². The zero-order valence-electron chi connectivity index (χ0n) is 13.4. The molecule has 2 atom stereocenters. The van der Waals surface area contributed by atoms with Crippen LogP contribution in [0.3, 0.4) is 0 Å². The SMILES string of the molecule is CC(C)NC(C(=O)CCC(=O)OCc1ccccc1)C(C)O. The van der Waals surface area contributed by atoms with Crippen LogP contribution in [0.15, 0.2) is 30.3 Å². The second-order valence-corrected chi connectivity index (χ2v) is 5.65. The molecular formula is C17H25NO4. The molecule has 0 aliphatic heterocycles. The van der Waals surface area contributed by atoms with Gasteiger partial charge in [0.05, 0.1) is 18.6 Å². The highest BCUT2D eigenvalue weighted by Crippen LogP contribution is 2.06. The van der Waals surface area contributed by atoms with Gasteiger partial charge in [-0.2, -0.15) is 0 Å². The molecule has 22 heavy (non-hydrogen) atoms. The van der Waals surface area contributed by atoms with Crippen LogP contribution in [0, 0.1) is 0 Å². The van der Waals surface area contributed by atoms with Crippen molar-refractivity contribution in [3.8, 4) is 0 Å². The van der Waals surface area contributed by atoms with Gasteiger partial charge >= 0.3 is 5.97 Å². The number of rotatable bonds is 9. The summed E-state index contributed by atoms with van der Waals surface area (Å²) in [4.78, 5) is 23.7. The third-order valence-electron chi connectivity index (χ3n) is 3.16. The summed E-state index contributed by atoms with van der Waals surface area (Å²) in [5.41, 5.74) is 0.908. The van der Waals surface area contributed by atoms with Gasteiger partial charge in [-0.15, -0.1) is 0 Å². The van der Waals surface area contributed by atoms with Crippen LogP contribution >= 0.6 is 0 Å². The lowest BCUT2D eigenvalue weighted by molar-refractivity contribution is -0.146. The topological polar surface area (TPSA) is 75.6 Å². The number of esters is 1. The van der Waals surface area contributed by atoms with E-state index < -0.39 is 18.1 Å². The van der Waals surface area contributed by atoms with Gasteiger partial charge < -0.3 is 15.2 Å². The third kappa shape index (κ3) is 6.83. The first-order valence-corrected chi connectivity index (χ1v) is 7.56. The van der Waals surface area contributed by atoms with Crippen LogP contribution in [-0.4, -0.2) is 35.0 Å². The van der Waals surface area contributed by atoms with E-state index in [1.54, 1.807) is 6.92 Å². The normalized spacial score (nSPS) is 13.7. The van der Waals surface area contributed by atoms with E-state index in [2.05, 4.69) is 5.32 Å². The number of carbonyl (C=O) groups excluding carboxylic acids is 2. The Hall–Kier alpha value is -1.72. The highest BCUT2D eigenvalue weighted by atomic mass is 16.5. The monoisotopic (exact) mass is 307 g/mol. The lowest BCUT2D eigenvalue weighted by Gasteiger charge is -2.22. The molecule has 0 fully saturated rings. The summed E-state index contributed by atoms with van der Waals surface area (Å²) in [6.45, 7) is 5.57. The number of ketones is 1. The van der Waals surface area contributed by atoms with E-state index in [1.807, 2.05) is 44.2 Å². The molecule has 2 unspecified atom stereocenters.